The average molecular weight is 226 g/mol. The Kier molecular flexibility index (Phi) is 6.46. The predicted octanol–water partition coefficient (Wildman–Crippen LogP) is 2.15. The van der Waals surface area contributed by atoms with Crippen molar-refractivity contribution < 1.29 is 4.79 Å². The molecule has 94 valence electrons. The lowest BCUT2D eigenvalue weighted by Crippen LogP contribution is -2.32. The maximum absolute atomic E-state index is 11.9. The van der Waals surface area contributed by atoms with Crippen molar-refractivity contribution in [1.29, 1.82) is 0 Å². The van der Waals surface area contributed by atoms with E-state index in [1.165, 1.54) is 25.7 Å². The number of rotatable bonds is 7. The Hall–Kier alpha value is -0.570. The third-order valence-electron chi connectivity index (χ3n) is 3.61. The first kappa shape index (κ1) is 13.5. The van der Waals surface area contributed by atoms with Crippen LogP contribution in [-0.2, 0) is 4.79 Å². The second kappa shape index (κ2) is 7.66. The second-order valence-electron chi connectivity index (χ2n) is 4.80. The summed E-state index contributed by atoms with van der Waals surface area (Å²) in [6, 6.07) is 0. The zero-order valence-corrected chi connectivity index (χ0v) is 10.6. The molecule has 1 aliphatic carbocycles. The fourth-order valence-corrected chi connectivity index (χ4v) is 2.53. The maximum Gasteiger partial charge on any atom is 0.222 e. The van der Waals surface area contributed by atoms with Crippen LogP contribution in [-0.4, -0.2) is 30.4 Å². The molecule has 0 radical (unpaired) electrons. The topological polar surface area (TPSA) is 46.3 Å². The van der Waals surface area contributed by atoms with E-state index in [0.29, 0.717) is 12.5 Å². The highest BCUT2D eigenvalue weighted by atomic mass is 16.2. The quantitative estimate of drug-likeness (QED) is 0.723. The first-order chi connectivity index (χ1) is 7.77. The van der Waals surface area contributed by atoms with E-state index in [1.807, 2.05) is 11.8 Å². The SMILES string of the molecule is CCN(CCCN)C(=O)CCC1CCCC1. The number of amides is 1. The molecule has 1 fully saturated rings. The minimum Gasteiger partial charge on any atom is -0.343 e. The van der Waals surface area contributed by atoms with Gasteiger partial charge in [-0.15, -0.1) is 0 Å². The molecule has 1 saturated carbocycles. The number of hydrogen-bond acceptors (Lipinski definition) is 2. The van der Waals surface area contributed by atoms with Crippen LogP contribution in [0.5, 0.6) is 0 Å². The highest BCUT2D eigenvalue weighted by Crippen LogP contribution is 2.28. The summed E-state index contributed by atoms with van der Waals surface area (Å²) in [6.45, 7) is 4.37. The summed E-state index contributed by atoms with van der Waals surface area (Å²) in [4.78, 5) is 13.9. The number of carbonyl (C=O) groups is 1. The number of nitrogens with zero attached hydrogens (tertiary/aromatic N) is 1. The van der Waals surface area contributed by atoms with Crippen molar-refractivity contribution in [2.24, 2.45) is 11.7 Å². The molecule has 0 unspecified atom stereocenters. The van der Waals surface area contributed by atoms with Gasteiger partial charge in [-0.3, -0.25) is 4.79 Å². The van der Waals surface area contributed by atoms with Crippen LogP contribution in [0.4, 0.5) is 0 Å². The van der Waals surface area contributed by atoms with E-state index < -0.39 is 0 Å². The lowest BCUT2D eigenvalue weighted by Gasteiger charge is -2.21. The van der Waals surface area contributed by atoms with Gasteiger partial charge >= 0.3 is 0 Å². The van der Waals surface area contributed by atoms with Crippen LogP contribution in [0.15, 0.2) is 0 Å². The number of nitrogens with two attached hydrogens (primary N) is 1. The zero-order chi connectivity index (χ0) is 11.8. The molecule has 16 heavy (non-hydrogen) atoms. The number of hydrogen-bond donors (Lipinski definition) is 1. The van der Waals surface area contributed by atoms with Gasteiger partial charge < -0.3 is 10.6 Å². The lowest BCUT2D eigenvalue weighted by molar-refractivity contribution is -0.131. The molecule has 0 aromatic heterocycles. The Morgan fingerprint density at radius 1 is 1.38 bits per heavy atom. The molecule has 1 rings (SSSR count). The van der Waals surface area contributed by atoms with Crippen LogP contribution in [0.25, 0.3) is 0 Å². The standard InChI is InChI=1S/C13H26N2O/c1-2-15(11-5-10-14)13(16)9-8-12-6-3-4-7-12/h12H,2-11,14H2,1H3. The minimum atomic E-state index is 0.322. The van der Waals surface area contributed by atoms with Crippen LogP contribution in [0, 0.1) is 5.92 Å². The molecule has 2 N–H and O–H groups in total. The Bertz CT molecular complexity index is 200. The molecule has 0 saturated heterocycles. The van der Waals surface area contributed by atoms with Crippen LogP contribution >= 0.6 is 0 Å². The summed E-state index contributed by atoms with van der Waals surface area (Å²) in [7, 11) is 0. The Morgan fingerprint density at radius 2 is 2.06 bits per heavy atom. The van der Waals surface area contributed by atoms with Crippen molar-refractivity contribution in [3.8, 4) is 0 Å². The molecule has 0 bridgehead atoms. The van der Waals surface area contributed by atoms with Crippen molar-refractivity contribution >= 4 is 5.91 Å². The third-order valence-corrected chi connectivity index (χ3v) is 3.61. The summed E-state index contributed by atoms with van der Waals surface area (Å²) < 4.78 is 0. The Labute approximate surface area is 99.4 Å². The molecule has 0 aliphatic heterocycles. The van der Waals surface area contributed by atoms with Gasteiger partial charge in [0.2, 0.25) is 5.91 Å². The van der Waals surface area contributed by atoms with E-state index in [1.54, 1.807) is 0 Å². The van der Waals surface area contributed by atoms with Crippen LogP contribution in [0.1, 0.15) is 51.9 Å². The van der Waals surface area contributed by atoms with Gasteiger partial charge in [-0.25, -0.2) is 0 Å². The molecular formula is C13H26N2O. The van der Waals surface area contributed by atoms with Gasteiger partial charge in [-0.05, 0) is 32.2 Å². The molecular weight excluding hydrogens is 200 g/mol. The van der Waals surface area contributed by atoms with Gasteiger partial charge in [0, 0.05) is 19.5 Å². The minimum absolute atomic E-state index is 0.322. The van der Waals surface area contributed by atoms with Gasteiger partial charge in [0.15, 0.2) is 0 Å². The second-order valence-corrected chi connectivity index (χ2v) is 4.80. The molecule has 0 atom stereocenters. The van der Waals surface area contributed by atoms with E-state index in [2.05, 4.69) is 0 Å². The van der Waals surface area contributed by atoms with Crippen molar-refractivity contribution in [2.75, 3.05) is 19.6 Å². The monoisotopic (exact) mass is 226 g/mol. The van der Waals surface area contributed by atoms with Crippen molar-refractivity contribution in [3.63, 3.8) is 0 Å². The Morgan fingerprint density at radius 3 is 2.62 bits per heavy atom. The highest BCUT2D eigenvalue weighted by molar-refractivity contribution is 5.76. The summed E-state index contributed by atoms with van der Waals surface area (Å²) >= 11 is 0. The summed E-state index contributed by atoms with van der Waals surface area (Å²) in [5.41, 5.74) is 5.47. The number of carbonyl (C=O) groups excluding carboxylic acids is 1. The first-order valence-electron chi connectivity index (χ1n) is 6.75. The van der Waals surface area contributed by atoms with Crippen LogP contribution in [0.3, 0.4) is 0 Å². The predicted molar refractivity (Wildman–Crippen MR) is 67.1 cm³/mol. The zero-order valence-electron chi connectivity index (χ0n) is 10.6. The van der Waals surface area contributed by atoms with Gasteiger partial charge in [0.25, 0.3) is 0 Å². The maximum atomic E-state index is 11.9. The lowest BCUT2D eigenvalue weighted by atomic mass is 10.0. The summed E-state index contributed by atoms with van der Waals surface area (Å²) in [5.74, 6) is 1.14. The molecule has 3 heteroatoms. The van der Waals surface area contributed by atoms with E-state index in [0.717, 1.165) is 38.3 Å². The van der Waals surface area contributed by atoms with Crippen LogP contribution < -0.4 is 5.73 Å². The molecule has 0 spiro atoms. The smallest absolute Gasteiger partial charge is 0.222 e. The van der Waals surface area contributed by atoms with Crippen molar-refractivity contribution in [3.05, 3.63) is 0 Å². The van der Waals surface area contributed by atoms with Gasteiger partial charge in [0.1, 0.15) is 0 Å². The molecule has 0 heterocycles. The average Bonchev–Trinajstić information content (AvgIpc) is 2.80. The van der Waals surface area contributed by atoms with Crippen molar-refractivity contribution in [1.82, 2.24) is 4.90 Å². The normalized spacial score (nSPS) is 16.6. The van der Waals surface area contributed by atoms with Crippen LogP contribution in [0.2, 0.25) is 0 Å². The fraction of sp³-hybridized carbons (Fsp3) is 0.923. The van der Waals surface area contributed by atoms with E-state index in [-0.39, 0.29) is 0 Å². The van der Waals surface area contributed by atoms with Gasteiger partial charge in [-0.1, -0.05) is 25.7 Å². The molecule has 0 aromatic rings. The van der Waals surface area contributed by atoms with E-state index in [4.69, 9.17) is 5.73 Å². The van der Waals surface area contributed by atoms with Crippen molar-refractivity contribution in [2.45, 2.75) is 51.9 Å². The molecule has 1 amide bonds. The summed E-state index contributed by atoms with van der Waals surface area (Å²) in [5, 5.41) is 0. The Balaban J connectivity index is 2.19. The van der Waals surface area contributed by atoms with E-state index >= 15 is 0 Å². The summed E-state index contributed by atoms with van der Waals surface area (Å²) in [6.07, 6.45) is 8.15. The molecule has 3 nitrogen and oxygen atoms in total. The highest BCUT2D eigenvalue weighted by Gasteiger charge is 2.18. The van der Waals surface area contributed by atoms with E-state index in [9.17, 15) is 4.79 Å². The fourth-order valence-electron chi connectivity index (χ4n) is 2.53. The molecule has 1 aliphatic rings. The third kappa shape index (κ3) is 4.52. The largest absolute Gasteiger partial charge is 0.343 e. The molecule has 0 aromatic carbocycles. The van der Waals surface area contributed by atoms with Gasteiger partial charge in [-0.2, -0.15) is 0 Å². The van der Waals surface area contributed by atoms with Gasteiger partial charge in [0.05, 0.1) is 0 Å². The first-order valence-corrected chi connectivity index (χ1v) is 6.75.